The van der Waals surface area contributed by atoms with Gasteiger partial charge in [0.25, 0.3) is 10.1 Å². The van der Waals surface area contributed by atoms with Gasteiger partial charge in [0.15, 0.2) is 4.75 Å². The van der Waals surface area contributed by atoms with Crippen molar-refractivity contribution in [1.82, 2.24) is 0 Å². The Bertz CT molecular complexity index is 309. The summed E-state index contributed by atoms with van der Waals surface area (Å²) in [6.45, 7) is -1.20. The second-order valence-corrected chi connectivity index (χ2v) is 4.22. The Morgan fingerprint density at radius 3 is 2.08 bits per heavy atom. The molecule has 7 nitrogen and oxygen atoms in total. The summed E-state index contributed by atoms with van der Waals surface area (Å²) in [6.07, 6.45) is -1.17. The van der Waals surface area contributed by atoms with E-state index in [4.69, 9.17) is 9.66 Å². The summed E-state index contributed by atoms with van der Waals surface area (Å²) < 4.78 is 27.2. The lowest BCUT2D eigenvalue weighted by Gasteiger charge is -2.19. The molecule has 0 spiro atoms. The zero-order chi connectivity index (χ0) is 10.7. The number of primary amides is 1. The normalized spacial score (nSPS) is 16.2. The summed E-state index contributed by atoms with van der Waals surface area (Å²) >= 11 is 0. The molecule has 0 saturated heterocycles. The molecule has 0 aromatic heterocycles. The summed E-state index contributed by atoms with van der Waals surface area (Å²) in [5, 5.41) is 8.58. The third-order valence-corrected chi connectivity index (χ3v) is 2.87. The zero-order valence-corrected chi connectivity index (χ0v) is 7.32. The van der Waals surface area contributed by atoms with Gasteiger partial charge >= 0.3 is 0 Å². The molecule has 4 N–H and O–H groups in total. The molecule has 8 heteroatoms. The van der Waals surface area contributed by atoms with Gasteiger partial charge in [0.1, 0.15) is 6.29 Å². The summed E-state index contributed by atoms with van der Waals surface area (Å²) in [6, 6.07) is 0. The van der Waals surface area contributed by atoms with E-state index in [-0.39, 0.29) is 6.29 Å². The average Bonchev–Trinajstić information content (AvgIpc) is 1.97. The van der Waals surface area contributed by atoms with Gasteiger partial charge in [-0.05, 0) is 0 Å². The fraction of sp³-hybridized carbons (Fsp3) is 0.600. The van der Waals surface area contributed by atoms with Crippen LogP contribution in [0.2, 0.25) is 0 Å². The largest absolute Gasteiger partial charge is 0.394 e. The quantitative estimate of drug-likeness (QED) is 0.345. The molecule has 0 rings (SSSR count). The van der Waals surface area contributed by atoms with Crippen molar-refractivity contribution in [1.29, 1.82) is 0 Å². The van der Waals surface area contributed by atoms with E-state index in [1.807, 2.05) is 0 Å². The Kier molecular flexibility index (Phi) is 3.52. The predicted molar refractivity (Wildman–Crippen MR) is 41.2 cm³/mol. The standard InChI is InChI=1S/C5H9NO6S/c6-4(9)1-5(2-7,3-8)13(10,11)12/h2,8H,1,3H2,(H2,6,9)(H,10,11,12). The third kappa shape index (κ3) is 2.47. The molecule has 0 heterocycles. The number of aldehydes is 1. The number of aliphatic hydroxyl groups excluding tert-OH is 1. The highest BCUT2D eigenvalue weighted by Gasteiger charge is 2.44. The van der Waals surface area contributed by atoms with E-state index in [1.165, 1.54) is 0 Å². The molecular formula is C5H9NO6S. The van der Waals surface area contributed by atoms with Crippen LogP contribution in [0, 0.1) is 0 Å². The fourth-order valence-corrected chi connectivity index (χ4v) is 1.27. The second kappa shape index (κ2) is 3.81. The Balaban J connectivity index is 5.16. The van der Waals surface area contributed by atoms with Crippen LogP contribution >= 0.6 is 0 Å². The monoisotopic (exact) mass is 211 g/mol. The molecule has 0 aromatic carbocycles. The van der Waals surface area contributed by atoms with E-state index < -0.39 is 33.8 Å². The molecule has 13 heavy (non-hydrogen) atoms. The van der Waals surface area contributed by atoms with E-state index in [1.54, 1.807) is 0 Å². The van der Waals surface area contributed by atoms with Crippen LogP contribution in [0.5, 0.6) is 0 Å². The summed E-state index contributed by atoms with van der Waals surface area (Å²) in [4.78, 5) is 20.7. The number of carbonyl (C=O) groups excluding carboxylic acids is 2. The van der Waals surface area contributed by atoms with Crippen LogP contribution < -0.4 is 5.73 Å². The van der Waals surface area contributed by atoms with Crippen LogP contribution in [0.3, 0.4) is 0 Å². The zero-order valence-electron chi connectivity index (χ0n) is 6.50. The first-order chi connectivity index (χ1) is 5.79. The lowest BCUT2D eigenvalue weighted by atomic mass is 10.1. The first-order valence-corrected chi connectivity index (χ1v) is 4.55. The molecule has 0 fully saturated rings. The molecule has 76 valence electrons. The van der Waals surface area contributed by atoms with Crippen molar-refractivity contribution in [2.24, 2.45) is 5.73 Å². The first-order valence-electron chi connectivity index (χ1n) is 3.11. The number of nitrogens with two attached hydrogens (primary N) is 1. The molecule has 0 aliphatic rings. The SMILES string of the molecule is NC(=O)CC(C=O)(CO)S(=O)(=O)O. The molecule has 0 aliphatic heterocycles. The highest BCUT2D eigenvalue weighted by molar-refractivity contribution is 7.88. The summed E-state index contributed by atoms with van der Waals surface area (Å²) in [7, 11) is -4.84. The van der Waals surface area contributed by atoms with Gasteiger partial charge in [-0.2, -0.15) is 8.42 Å². The maximum atomic E-state index is 10.6. The number of rotatable bonds is 5. The topological polar surface area (TPSA) is 135 Å². The van der Waals surface area contributed by atoms with Crippen molar-refractivity contribution >= 4 is 22.3 Å². The van der Waals surface area contributed by atoms with Gasteiger partial charge in [0.2, 0.25) is 5.91 Å². The summed E-state index contributed by atoms with van der Waals surface area (Å²) in [5.41, 5.74) is 4.64. The number of hydrogen-bond donors (Lipinski definition) is 3. The van der Waals surface area contributed by atoms with Crippen molar-refractivity contribution in [3.63, 3.8) is 0 Å². The Morgan fingerprint density at radius 2 is 2.00 bits per heavy atom. The van der Waals surface area contributed by atoms with Crippen LogP contribution in [0.25, 0.3) is 0 Å². The maximum absolute atomic E-state index is 10.6. The van der Waals surface area contributed by atoms with Gasteiger partial charge in [-0.15, -0.1) is 0 Å². The van der Waals surface area contributed by atoms with Gasteiger partial charge in [-0.25, -0.2) is 0 Å². The van der Waals surface area contributed by atoms with Gasteiger partial charge in [0, 0.05) is 0 Å². The average molecular weight is 211 g/mol. The van der Waals surface area contributed by atoms with Crippen LogP contribution in [-0.4, -0.2) is 41.6 Å². The number of carbonyl (C=O) groups is 2. The molecule has 1 atom stereocenters. The summed E-state index contributed by atoms with van der Waals surface area (Å²) in [5.74, 6) is -1.11. The molecule has 0 radical (unpaired) electrons. The second-order valence-electron chi connectivity index (χ2n) is 2.46. The molecular weight excluding hydrogens is 202 g/mol. The van der Waals surface area contributed by atoms with Crippen molar-refractivity contribution in [2.45, 2.75) is 11.2 Å². The van der Waals surface area contributed by atoms with Crippen molar-refractivity contribution < 1.29 is 27.7 Å². The molecule has 1 amide bonds. The molecule has 0 saturated carbocycles. The van der Waals surface area contributed by atoms with Crippen LogP contribution in [0.1, 0.15) is 6.42 Å². The van der Waals surface area contributed by atoms with Gasteiger partial charge < -0.3 is 15.6 Å². The minimum Gasteiger partial charge on any atom is -0.394 e. The molecule has 1 unspecified atom stereocenters. The van der Waals surface area contributed by atoms with E-state index >= 15 is 0 Å². The lowest BCUT2D eigenvalue weighted by Crippen LogP contribution is -2.46. The van der Waals surface area contributed by atoms with E-state index in [9.17, 15) is 18.0 Å². The van der Waals surface area contributed by atoms with Gasteiger partial charge in [-0.3, -0.25) is 9.35 Å². The number of hydrogen-bond acceptors (Lipinski definition) is 5. The minimum absolute atomic E-state index is 0.215. The van der Waals surface area contributed by atoms with Gasteiger partial charge in [0.05, 0.1) is 13.0 Å². The Morgan fingerprint density at radius 1 is 1.54 bits per heavy atom. The molecule has 0 aromatic rings. The minimum atomic E-state index is -4.84. The Hall–Kier alpha value is -0.990. The van der Waals surface area contributed by atoms with Crippen LogP contribution in [0.15, 0.2) is 0 Å². The van der Waals surface area contributed by atoms with Gasteiger partial charge in [-0.1, -0.05) is 0 Å². The van der Waals surface area contributed by atoms with Crippen molar-refractivity contribution in [3.05, 3.63) is 0 Å². The predicted octanol–water partition coefficient (Wildman–Crippen LogP) is -2.32. The van der Waals surface area contributed by atoms with Crippen LogP contribution in [-0.2, 0) is 19.7 Å². The first kappa shape index (κ1) is 12.0. The number of aliphatic hydroxyl groups is 1. The highest BCUT2D eigenvalue weighted by Crippen LogP contribution is 2.17. The van der Waals surface area contributed by atoms with E-state index in [2.05, 4.69) is 5.73 Å². The third-order valence-electron chi connectivity index (χ3n) is 1.47. The van der Waals surface area contributed by atoms with Crippen molar-refractivity contribution in [3.8, 4) is 0 Å². The lowest BCUT2D eigenvalue weighted by molar-refractivity contribution is -0.122. The molecule has 0 bridgehead atoms. The van der Waals surface area contributed by atoms with Crippen molar-refractivity contribution in [2.75, 3.05) is 6.61 Å². The highest BCUT2D eigenvalue weighted by atomic mass is 32.2. The number of amides is 1. The van der Waals surface area contributed by atoms with Crippen LogP contribution in [0.4, 0.5) is 0 Å². The molecule has 0 aliphatic carbocycles. The fourth-order valence-electron chi connectivity index (χ4n) is 0.663. The van der Waals surface area contributed by atoms with E-state index in [0.29, 0.717) is 0 Å². The smallest absolute Gasteiger partial charge is 0.280 e. The van der Waals surface area contributed by atoms with E-state index in [0.717, 1.165) is 0 Å². The Labute approximate surface area is 74.3 Å². The maximum Gasteiger partial charge on any atom is 0.280 e.